The Morgan fingerprint density at radius 1 is 1.18 bits per heavy atom. The molecule has 5 rings (SSSR count). The highest BCUT2D eigenvalue weighted by Crippen LogP contribution is 2.43. The smallest absolute Gasteiger partial charge is 0.211 e. The largest absolute Gasteiger partial charge is 0.379 e. The molecule has 0 radical (unpaired) electrons. The van der Waals surface area contributed by atoms with Gasteiger partial charge in [-0.05, 0) is 49.6 Å². The summed E-state index contributed by atoms with van der Waals surface area (Å²) < 4.78 is 19.4. The second-order valence-electron chi connectivity index (χ2n) is 9.97. The van der Waals surface area contributed by atoms with Crippen molar-refractivity contribution in [1.29, 1.82) is 0 Å². The molecule has 8 heteroatoms. The van der Waals surface area contributed by atoms with Gasteiger partial charge in [0.15, 0.2) is 5.82 Å². The number of benzene rings is 1. The molecule has 2 aromatic rings. The summed E-state index contributed by atoms with van der Waals surface area (Å²) in [6, 6.07) is 10.8. The highest BCUT2D eigenvalue weighted by molar-refractivity contribution is 5.77. The van der Waals surface area contributed by atoms with Gasteiger partial charge in [-0.1, -0.05) is 12.1 Å². The SMILES string of the molecule is COC1N(C)c2nc(-c3cc(CN4CCN(C(C)O)CC4)ccc3C)ccc2N1CC1CC1F. The molecule has 1 aromatic carbocycles. The predicted molar refractivity (Wildman–Crippen MR) is 132 cm³/mol. The lowest BCUT2D eigenvalue weighted by atomic mass is 10.0. The number of pyridine rings is 1. The van der Waals surface area contributed by atoms with Crippen LogP contribution in [-0.2, 0) is 11.3 Å². The number of hydrogen-bond acceptors (Lipinski definition) is 7. The Labute approximate surface area is 201 Å². The number of methoxy groups -OCH3 is 1. The standard InChI is InChI=1S/C26H36FN5O2/c1-17-5-6-19(15-30-9-11-31(12-10-30)18(2)33)13-21(17)23-7-8-24-25(28-23)29(3)26(34-4)32(24)16-20-14-22(20)27/h5-8,13,18,20,22,26,33H,9-12,14-16H2,1-4H3. The summed E-state index contributed by atoms with van der Waals surface area (Å²) in [5.41, 5.74) is 5.53. The van der Waals surface area contributed by atoms with Crippen LogP contribution in [0.2, 0.25) is 0 Å². The number of halogens is 1. The number of alkyl halides is 1. The molecule has 1 saturated carbocycles. The average Bonchev–Trinajstić information content (AvgIpc) is 3.46. The molecular formula is C26H36FN5O2. The molecule has 1 aliphatic carbocycles. The topological polar surface area (TPSA) is 55.3 Å². The van der Waals surface area contributed by atoms with Crippen molar-refractivity contribution in [2.45, 2.75) is 45.6 Å². The van der Waals surface area contributed by atoms with Crippen LogP contribution in [0.3, 0.4) is 0 Å². The van der Waals surface area contributed by atoms with Crippen LogP contribution in [0.5, 0.6) is 0 Å². The van der Waals surface area contributed by atoms with Crippen LogP contribution in [0.4, 0.5) is 15.9 Å². The third kappa shape index (κ3) is 4.52. The molecule has 34 heavy (non-hydrogen) atoms. The van der Waals surface area contributed by atoms with Crippen molar-refractivity contribution in [3.8, 4) is 11.3 Å². The fourth-order valence-electron chi connectivity index (χ4n) is 5.23. The summed E-state index contributed by atoms with van der Waals surface area (Å²) in [5, 5.41) is 9.81. The minimum Gasteiger partial charge on any atom is -0.379 e. The van der Waals surface area contributed by atoms with Crippen LogP contribution in [0.25, 0.3) is 11.3 Å². The number of rotatable bonds is 7. The van der Waals surface area contributed by atoms with Gasteiger partial charge in [0.2, 0.25) is 6.35 Å². The second kappa shape index (κ2) is 9.41. The summed E-state index contributed by atoms with van der Waals surface area (Å²) in [6.45, 7) is 9.16. The van der Waals surface area contributed by atoms with Gasteiger partial charge in [0.05, 0.1) is 11.4 Å². The van der Waals surface area contributed by atoms with Gasteiger partial charge in [0.25, 0.3) is 0 Å². The summed E-state index contributed by atoms with van der Waals surface area (Å²) in [7, 11) is 3.68. The Balaban J connectivity index is 1.36. The van der Waals surface area contributed by atoms with Crippen LogP contribution >= 0.6 is 0 Å². The Kier molecular flexibility index (Phi) is 6.50. The summed E-state index contributed by atoms with van der Waals surface area (Å²) in [6.07, 6.45) is -0.705. The van der Waals surface area contributed by atoms with E-state index >= 15 is 0 Å². The Morgan fingerprint density at radius 2 is 1.91 bits per heavy atom. The normalized spacial score (nSPS) is 26.1. The summed E-state index contributed by atoms with van der Waals surface area (Å²) >= 11 is 0. The van der Waals surface area contributed by atoms with Crippen LogP contribution < -0.4 is 9.80 Å². The Morgan fingerprint density at radius 3 is 2.56 bits per heavy atom. The molecule has 0 amide bonds. The number of anilines is 2. The van der Waals surface area contributed by atoms with Gasteiger partial charge < -0.3 is 19.6 Å². The number of fused-ring (bicyclic) bond motifs is 1. The number of aryl methyl sites for hydroxylation is 1. The molecule has 2 fully saturated rings. The van der Waals surface area contributed by atoms with E-state index in [1.54, 1.807) is 7.11 Å². The first-order chi connectivity index (χ1) is 16.4. The van der Waals surface area contributed by atoms with Gasteiger partial charge >= 0.3 is 0 Å². The fraction of sp³-hybridized carbons (Fsp3) is 0.577. The van der Waals surface area contributed by atoms with Crippen LogP contribution in [0.1, 0.15) is 24.5 Å². The third-order valence-electron chi connectivity index (χ3n) is 7.49. The van der Waals surface area contributed by atoms with E-state index in [1.165, 1.54) is 11.1 Å². The average molecular weight is 470 g/mol. The quantitative estimate of drug-likeness (QED) is 0.669. The first-order valence-corrected chi connectivity index (χ1v) is 12.3. The lowest BCUT2D eigenvalue weighted by Crippen LogP contribution is -2.49. The van der Waals surface area contributed by atoms with Crippen LogP contribution in [-0.4, -0.2) is 85.5 Å². The first-order valence-electron chi connectivity index (χ1n) is 12.3. The molecule has 4 atom stereocenters. The second-order valence-corrected chi connectivity index (χ2v) is 9.97. The molecule has 3 heterocycles. The Bertz CT molecular complexity index is 1030. The van der Waals surface area contributed by atoms with Crippen LogP contribution in [0, 0.1) is 12.8 Å². The van der Waals surface area contributed by atoms with Crippen LogP contribution in [0.15, 0.2) is 30.3 Å². The molecule has 0 spiro atoms. The maximum Gasteiger partial charge on any atom is 0.211 e. The number of ether oxygens (including phenoxy) is 1. The molecule has 1 N–H and O–H groups in total. The predicted octanol–water partition coefficient (Wildman–Crippen LogP) is 3.06. The molecule has 1 aromatic heterocycles. The van der Waals surface area contributed by atoms with Gasteiger partial charge in [0.1, 0.15) is 12.4 Å². The lowest BCUT2D eigenvalue weighted by Gasteiger charge is -2.36. The zero-order chi connectivity index (χ0) is 24.0. The molecule has 2 aliphatic heterocycles. The maximum absolute atomic E-state index is 13.6. The van der Waals surface area contributed by atoms with Crippen molar-refractivity contribution in [2.24, 2.45) is 5.92 Å². The monoisotopic (exact) mass is 469 g/mol. The number of nitrogens with zero attached hydrogens (tertiary/aromatic N) is 5. The first kappa shape index (κ1) is 23.5. The fourth-order valence-corrected chi connectivity index (χ4v) is 5.23. The minimum absolute atomic E-state index is 0.0815. The molecule has 0 bridgehead atoms. The van der Waals surface area contributed by atoms with Crippen molar-refractivity contribution in [3.05, 3.63) is 41.5 Å². The summed E-state index contributed by atoms with van der Waals surface area (Å²) in [4.78, 5) is 13.8. The van der Waals surface area contributed by atoms with Crippen molar-refractivity contribution in [3.63, 3.8) is 0 Å². The van der Waals surface area contributed by atoms with E-state index < -0.39 is 6.17 Å². The number of aliphatic hydroxyl groups is 1. The molecule has 7 nitrogen and oxygen atoms in total. The van der Waals surface area contributed by atoms with Crippen molar-refractivity contribution < 1.29 is 14.2 Å². The molecular weight excluding hydrogens is 433 g/mol. The van der Waals surface area contributed by atoms with E-state index in [-0.39, 0.29) is 18.5 Å². The van der Waals surface area contributed by atoms with E-state index in [1.807, 2.05) is 18.9 Å². The van der Waals surface area contributed by atoms with Crippen molar-refractivity contribution in [2.75, 3.05) is 56.7 Å². The molecule has 4 unspecified atom stereocenters. The molecule has 3 aliphatic rings. The Hall–Kier alpha value is -2.26. The third-order valence-corrected chi connectivity index (χ3v) is 7.49. The van der Waals surface area contributed by atoms with Gasteiger partial charge in [-0.25, -0.2) is 9.37 Å². The molecule has 184 valence electrons. The zero-order valence-electron chi connectivity index (χ0n) is 20.6. The number of aliphatic hydroxyl groups excluding tert-OH is 1. The van der Waals surface area contributed by atoms with E-state index in [0.717, 1.165) is 55.5 Å². The number of aromatic nitrogens is 1. The van der Waals surface area contributed by atoms with Gasteiger partial charge in [-0.15, -0.1) is 0 Å². The summed E-state index contributed by atoms with van der Waals surface area (Å²) in [5.74, 6) is 0.956. The minimum atomic E-state index is -0.695. The molecule has 1 saturated heterocycles. The van der Waals surface area contributed by atoms with E-state index in [4.69, 9.17) is 9.72 Å². The maximum atomic E-state index is 13.6. The van der Waals surface area contributed by atoms with Gasteiger partial charge in [-0.2, -0.15) is 0 Å². The van der Waals surface area contributed by atoms with Crippen molar-refractivity contribution >= 4 is 11.5 Å². The zero-order valence-corrected chi connectivity index (χ0v) is 20.6. The highest BCUT2D eigenvalue weighted by Gasteiger charge is 2.44. The van der Waals surface area contributed by atoms with E-state index in [0.29, 0.717) is 13.0 Å². The lowest BCUT2D eigenvalue weighted by molar-refractivity contribution is -0.0141. The number of hydrogen-bond donors (Lipinski definition) is 1. The van der Waals surface area contributed by atoms with E-state index in [2.05, 4.69) is 52.0 Å². The highest BCUT2D eigenvalue weighted by atomic mass is 19.1. The van der Waals surface area contributed by atoms with Crippen molar-refractivity contribution in [1.82, 2.24) is 14.8 Å². The number of piperazine rings is 1. The van der Waals surface area contributed by atoms with Gasteiger partial charge in [-0.3, -0.25) is 9.80 Å². The van der Waals surface area contributed by atoms with E-state index in [9.17, 15) is 9.50 Å². The van der Waals surface area contributed by atoms with Gasteiger partial charge in [0, 0.05) is 64.9 Å².